The standard InChI is InChI=1S/C20H19N3O3.ClH/c21-19(24)18-17(23-20(26-18)14-10-11-22-12-14)13-6-8-16(9-7-13)25-15-4-2-1-3-5-15;/h1-9,14,22H,10-12H2,(H2,21,24);1H. The molecule has 0 aliphatic carbocycles. The normalized spacial score (nSPS) is 15.9. The molecule has 0 saturated carbocycles. The molecule has 1 saturated heterocycles. The third kappa shape index (κ3) is 4.13. The summed E-state index contributed by atoms with van der Waals surface area (Å²) >= 11 is 0. The van der Waals surface area contributed by atoms with E-state index in [4.69, 9.17) is 14.9 Å². The Balaban J connectivity index is 0.00000210. The summed E-state index contributed by atoms with van der Waals surface area (Å²) < 4.78 is 11.5. The molecule has 1 aliphatic rings. The molecule has 1 fully saturated rings. The topological polar surface area (TPSA) is 90.4 Å². The van der Waals surface area contributed by atoms with Gasteiger partial charge < -0.3 is 20.2 Å². The number of nitrogens with zero attached hydrogens (tertiary/aromatic N) is 1. The van der Waals surface area contributed by atoms with Crippen LogP contribution < -0.4 is 15.8 Å². The van der Waals surface area contributed by atoms with Crippen LogP contribution in [0.3, 0.4) is 0 Å². The van der Waals surface area contributed by atoms with E-state index in [-0.39, 0.29) is 24.1 Å². The molecule has 0 spiro atoms. The first kappa shape index (κ1) is 18.9. The van der Waals surface area contributed by atoms with Crippen LogP contribution in [0.15, 0.2) is 59.0 Å². The average Bonchev–Trinajstić information content (AvgIpc) is 3.33. The van der Waals surface area contributed by atoms with Gasteiger partial charge in [-0.15, -0.1) is 12.4 Å². The molecule has 6 nitrogen and oxygen atoms in total. The quantitative estimate of drug-likeness (QED) is 0.698. The summed E-state index contributed by atoms with van der Waals surface area (Å²) in [6.45, 7) is 1.71. The number of rotatable bonds is 5. The minimum Gasteiger partial charge on any atom is -0.457 e. The number of amides is 1. The second-order valence-corrected chi connectivity index (χ2v) is 6.22. The van der Waals surface area contributed by atoms with Crippen molar-refractivity contribution in [1.82, 2.24) is 10.3 Å². The van der Waals surface area contributed by atoms with Gasteiger partial charge in [-0.2, -0.15) is 0 Å². The Hall–Kier alpha value is -2.83. The Labute approximate surface area is 163 Å². The minimum atomic E-state index is -0.616. The second-order valence-electron chi connectivity index (χ2n) is 6.22. The molecule has 1 aliphatic heterocycles. The van der Waals surface area contributed by atoms with Gasteiger partial charge in [0.05, 0.1) is 0 Å². The molecule has 3 N–H and O–H groups in total. The van der Waals surface area contributed by atoms with Crippen LogP contribution in [-0.4, -0.2) is 24.0 Å². The van der Waals surface area contributed by atoms with Gasteiger partial charge in [-0.1, -0.05) is 18.2 Å². The van der Waals surface area contributed by atoms with Gasteiger partial charge in [0.1, 0.15) is 17.2 Å². The molecular formula is C20H20ClN3O3. The van der Waals surface area contributed by atoms with Gasteiger partial charge in [0.2, 0.25) is 5.76 Å². The number of carbonyl (C=O) groups is 1. The number of hydrogen-bond acceptors (Lipinski definition) is 5. The van der Waals surface area contributed by atoms with Gasteiger partial charge >= 0.3 is 0 Å². The minimum absolute atomic E-state index is 0. The van der Waals surface area contributed by atoms with E-state index in [2.05, 4.69) is 10.3 Å². The Bertz CT molecular complexity index is 904. The molecule has 27 heavy (non-hydrogen) atoms. The number of ether oxygens (including phenoxy) is 1. The molecular weight excluding hydrogens is 366 g/mol. The highest BCUT2D eigenvalue weighted by molar-refractivity contribution is 5.96. The number of nitrogens with two attached hydrogens (primary N) is 1. The maximum Gasteiger partial charge on any atom is 0.286 e. The van der Waals surface area contributed by atoms with Gasteiger partial charge in [0.15, 0.2) is 5.89 Å². The fourth-order valence-corrected chi connectivity index (χ4v) is 3.04. The second kappa shape index (κ2) is 8.24. The smallest absolute Gasteiger partial charge is 0.286 e. The first-order chi connectivity index (χ1) is 12.7. The number of nitrogens with one attached hydrogen (secondary N) is 1. The molecule has 1 unspecified atom stereocenters. The molecule has 140 valence electrons. The lowest BCUT2D eigenvalue weighted by Crippen LogP contribution is -2.11. The fourth-order valence-electron chi connectivity index (χ4n) is 3.04. The lowest BCUT2D eigenvalue weighted by Gasteiger charge is -2.06. The lowest BCUT2D eigenvalue weighted by atomic mass is 10.1. The predicted molar refractivity (Wildman–Crippen MR) is 104 cm³/mol. The number of aromatic nitrogens is 1. The van der Waals surface area contributed by atoms with E-state index < -0.39 is 5.91 Å². The van der Waals surface area contributed by atoms with Crippen molar-refractivity contribution in [3.8, 4) is 22.8 Å². The van der Waals surface area contributed by atoms with Crippen LogP contribution in [0.1, 0.15) is 28.8 Å². The molecule has 4 rings (SSSR count). The van der Waals surface area contributed by atoms with Crippen LogP contribution in [-0.2, 0) is 0 Å². The van der Waals surface area contributed by atoms with Crippen molar-refractivity contribution >= 4 is 18.3 Å². The first-order valence-electron chi connectivity index (χ1n) is 8.55. The van der Waals surface area contributed by atoms with E-state index in [1.54, 1.807) is 0 Å². The average molecular weight is 386 g/mol. The summed E-state index contributed by atoms with van der Waals surface area (Å²) in [5.41, 5.74) is 6.72. The maximum absolute atomic E-state index is 11.8. The van der Waals surface area contributed by atoms with Crippen LogP contribution in [0.2, 0.25) is 0 Å². The van der Waals surface area contributed by atoms with E-state index in [0.717, 1.165) is 30.8 Å². The monoisotopic (exact) mass is 385 g/mol. The van der Waals surface area contributed by atoms with Crippen molar-refractivity contribution in [1.29, 1.82) is 0 Å². The van der Waals surface area contributed by atoms with Crippen molar-refractivity contribution in [2.45, 2.75) is 12.3 Å². The SMILES string of the molecule is Cl.NC(=O)c1oc(C2CCNC2)nc1-c1ccc(Oc2ccccc2)cc1. The lowest BCUT2D eigenvalue weighted by molar-refractivity contribution is 0.0972. The van der Waals surface area contributed by atoms with E-state index in [9.17, 15) is 4.79 Å². The molecule has 7 heteroatoms. The van der Waals surface area contributed by atoms with Gasteiger partial charge in [-0.3, -0.25) is 4.79 Å². The number of oxazole rings is 1. The fraction of sp³-hybridized carbons (Fsp3) is 0.200. The van der Waals surface area contributed by atoms with E-state index >= 15 is 0 Å². The van der Waals surface area contributed by atoms with E-state index in [0.29, 0.717) is 17.3 Å². The van der Waals surface area contributed by atoms with Crippen molar-refractivity contribution in [2.75, 3.05) is 13.1 Å². The highest BCUT2D eigenvalue weighted by Gasteiger charge is 2.26. The predicted octanol–water partition coefficient (Wildman–Crippen LogP) is 3.73. The largest absolute Gasteiger partial charge is 0.457 e. The summed E-state index contributed by atoms with van der Waals surface area (Å²) in [6, 6.07) is 16.9. The zero-order chi connectivity index (χ0) is 17.9. The van der Waals surface area contributed by atoms with Crippen LogP contribution >= 0.6 is 12.4 Å². The van der Waals surface area contributed by atoms with Crippen molar-refractivity contribution < 1.29 is 13.9 Å². The Morgan fingerprint density at radius 1 is 1.11 bits per heavy atom. The van der Waals surface area contributed by atoms with Crippen LogP contribution in [0.4, 0.5) is 0 Å². The van der Waals surface area contributed by atoms with Crippen molar-refractivity contribution in [2.24, 2.45) is 5.73 Å². The highest BCUT2D eigenvalue weighted by Crippen LogP contribution is 2.31. The van der Waals surface area contributed by atoms with Gasteiger partial charge in [-0.05, 0) is 49.4 Å². The summed E-state index contributed by atoms with van der Waals surface area (Å²) in [6.07, 6.45) is 0.933. The van der Waals surface area contributed by atoms with Crippen molar-refractivity contribution in [3.63, 3.8) is 0 Å². The Morgan fingerprint density at radius 2 is 1.81 bits per heavy atom. The highest BCUT2D eigenvalue weighted by atomic mass is 35.5. The summed E-state index contributed by atoms with van der Waals surface area (Å²) in [5, 5.41) is 3.27. The molecule has 2 aromatic carbocycles. The number of halogens is 1. The molecule has 0 radical (unpaired) electrons. The van der Waals surface area contributed by atoms with E-state index in [1.165, 1.54) is 0 Å². The Kier molecular flexibility index (Phi) is 5.78. The number of para-hydroxylation sites is 1. The Morgan fingerprint density at radius 3 is 2.44 bits per heavy atom. The van der Waals surface area contributed by atoms with Gasteiger partial charge in [-0.25, -0.2) is 4.98 Å². The molecule has 3 aromatic rings. The van der Waals surface area contributed by atoms with Crippen LogP contribution in [0.25, 0.3) is 11.3 Å². The molecule has 2 heterocycles. The third-order valence-corrected chi connectivity index (χ3v) is 4.38. The molecule has 1 amide bonds. The van der Waals surface area contributed by atoms with Crippen molar-refractivity contribution in [3.05, 3.63) is 66.2 Å². The number of primary amides is 1. The molecule has 0 bridgehead atoms. The summed E-state index contributed by atoms with van der Waals surface area (Å²) in [5.74, 6) is 1.67. The first-order valence-corrected chi connectivity index (χ1v) is 8.55. The van der Waals surface area contributed by atoms with Crippen LogP contribution in [0, 0.1) is 0 Å². The summed E-state index contributed by atoms with van der Waals surface area (Å²) in [4.78, 5) is 16.3. The third-order valence-electron chi connectivity index (χ3n) is 4.38. The molecule has 1 aromatic heterocycles. The summed E-state index contributed by atoms with van der Waals surface area (Å²) in [7, 11) is 0. The zero-order valence-corrected chi connectivity index (χ0v) is 15.4. The number of hydrogen-bond donors (Lipinski definition) is 2. The zero-order valence-electron chi connectivity index (χ0n) is 14.6. The number of carbonyl (C=O) groups excluding carboxylic acids is 1. The van der Waals surface area contributed by atoms with Crippen LogP contribution in [0.5, 0.6) is 11.5 Å². The van der Waals surface area contributed by atoms with Gasteiger partial charge in [0.25, 0.3) is 5.91 Å². The maximum atomic E-state index is 11.8. The van der Waals surface area contributed by atoms with Gasteiger partial charge in [0, 0.05) is 18.0 Å². The number of benzene rings is 2. The molecule has 1 atom stereocenters. The van der Waals surface area contributed by atoms with E-state index in [1.807, 2.05) is 54.6 Å².